The van der Waals surface area contributed by atoms with Crippen LogP contribution >= 0.6 is 7.37 Å². The van der Waals surface area contributed by atoms with Gasteiger partial charge in [-0.05, 0) is 53.4 Å². The Hall–Kier alpha value is -2.01. The number of hydrogen-bond acceptors (Lipinski definition) is 9. The van der Waals surface area contributed by atoms with E-state index < -0.39 is 77.8 Å². The van der Waals surface area contributed by atoms with Gasteiger partial charge >= 0.3 is 12.2 Å². The highest BCUT2D eigenvalue weighted by atomic mass is 31.2. The lowest BCUT2D eigenvalue weighted by Gasteiger charge is -2.31. The normalized spacial score (nSPS) is 17.6. The second-order valence-electron chi connectivity index (χ2n) is 11.1. The molecule has 0 aliphatic carbocycles. The Labute approximate surface area is 207 Å². The summed E-state index contributed by atoms with van der Waals surface area (Å²) in [6.45, 7) is 16.2. The van der Waals surface area contributed by atoms with E-state index in [4.69, 9.17) is 20.9 Å². The molecule has 13 heteroatoms. The van der Waals surface area contributed by atoms with Crippen LogP contribution in [0.25, 0.3) is 0 Å². The molecule has 0 spiro atoms. The van der Waals surface area contributed by atoms with Gasteiger partial charge in [0.1, 0.15) is 22.8 Å². The summed E-state index contributed by atoms with van der Waals surface area (Å²) in [6.07, 6.45) is -1.82. The lowest BCUT2D eigenvalue weighted by atomic mass is 10.00. The molecule has 0 heterocycles. The van der Waals surface area contributed by atoms with Gasteiger partial charge in [0.15, 0.2) is 11.6 Å². The van der Waals surface area contributed by atoms with Gasteiger partial charge in [-0.1, -0.05) is 27.7 Å². The van der Waals surface area contributed by atoms with Crippen molar-refractivity contribution in [3.8, 4) is 0 Å². The van der Waals surface area contributed by atoms with E-state index in [0.717, 1.165) is 0 Å². The maximum absolute atomic E-state index is 13.2. The second kappa shape index (κ2) is 12.3. The van der Waals surface area contributed by atoms with E-state index in [9.17, 15) is 28.6 Å². The van der Waals surface area contributed by atoms with Crippen molar-refractivity contribution in [2.75, 3.05) is 0 Å². The summed E-state index contributed by atoms with van der Waals surface area (Å²) in [4.78, 5) is 61.0. The molecular formula is C22H43N4O8P. The molecule has 0 fully saturated rings. The Bertz CT molecular complexity index is 768. The number of rotatable bonds is 10. The summed E-state index contributed by atoms with van der Waals surface area (Å²) < 4.78 is 23.4. The first-order valence-electron chi connectivity index (χ1n) is 11.4. The zero-order valence-electron chi connectivity index (χ0n) is 22.4. The van der Waals surface area contributed by atoms with Crippen molar-refractivity contribution in [1.29, 1.82) is 0 Å². The first-order valence-corrected chi connectivity index (χ1v) is 13.2. The predicted molar refractivity (Wildman–Crippen MR) is 132 cm³/mol. The fourth-order valence-electron chi connectivity index (χ4n) is 2.91. The van der Waals surface area contributed by atoms with Crippen molar-refractivity contribution in [2.45, 2.75) is 104 Å². The molecule has 0 aromatic carbocycles. The first kappa shape index (κ1) is 33.0. The monoisotopic (exact) mass is 522 g/mol. The zero-order valence-corrected chi connectivity index (χ0v) is 23.3. The number of ketones is 2. The minimum absolute atomic E-state index is 0.523. The van der Waals surface area contributed by atoms with Gasteiger partial charge in [-0.2, -0.15) is 0 Å². The van der Waals surface area contributed by atoms with Crippen molar-refractivity contribution < 1.29 is 38.1 Å². The maximum atomic E-state index is 13.2. The summed E-state index contributed by atoms with van der Waals surface area (Å²) in [5, 5.41) is 4.72. The van der Waals surface area contributed by atoms with Crippen LogP contribution in [0.3, 0.4) is 0 Å². The van der Waals surface area contributed by atoms with Gasteiger partial charge in [-0.25, -0.2) is 9.59 Å². The standard InChI is InChI=1S/C22H43N4O8P/c1-11(2)13(25-19(29)33-21(5,6)7)15(27)17(23)35(31,32)18(24)16(28)14(12(3)4)26-20(30)34-22(8,9)10/h11-14,17-18H,23-24H2,1-10H3,(H,25,29)(H,26,30)(H,31,32)/t13-,14-,17?,18?/m0/s1. The second-order valence-corrected chi connectivity index (χ2v) is 13.6. The Morgan fingerprint density at radius 2 is 0.971 bits per heavy atom. The van der Waals surface area contributed by atoms with E-state index in [1.807, 2.05) is 0 Å². The van der Waals surface area contributed by atoms with Crippen LogP contribution in [0, 0.1) is 11.8 Å². The molecule has 0 aliphatic rings. The quantitative estimate of drug-likeness (QED) is 0.264. The molecule has 0 radical (unpaired) electrons. The Morgan fingerprint density at radius 1 is 0.714 bits per heavy atom. The summed E-state index contributed by atoms with van der Waals surface area (Å²) in [7, 11) is -4.87. The number of nitrogens with two attached hydrogens (primary N) is 2. The zero-order chi connectivity index (χ0) is 28.1. The van der Waals surface area contributed by atoms with Gasteiger partial charge in [-0.15, -0.1) is 0 Å². The number of ether oxygens (including phenoxy) is 2. The van der Waals surface area contributed by atoms with Gasteiger partial charge in [-0.3, -0.25) is 14.2 Å². The molecule has 0 aliphatic heterocycles. The topological polar surface area (TPSA) is 200 Å². The molecule has 0 saturated carbocycles. The predicted octanol–water partition coefficient (Wildman–Crippen LogP) is 2.06. The van der Waals surface area contributed by atoms with Crippen molar-refractivity contribution >= 4 is 31.1 Å². The van der Waals surface area contributed by atoms with E-state index in [0.29, 0.717) is 0 Å². The van der Waals surface area contributed by atoms with Gasteiger partial charge < -0.3 is 36.5 Å². The minimum Gasteiger partial charge on any atom is -0.444 e. The highest BCUT2D eigenvalue weighted by Gasteiger charge is 2.47. The third kappa shape index (κ3) is 10.6. The molecule has 0 saturated heterocycles. The molecular weight excluding hydrogens is 479 g/mol. The van der Waals surface area contributed by atoms with Crippen LogP contribution in [0.2, 0.25) is 0 Å². The minimum atomic E-state index is -4.87. The van der Waals surface area contributed by atoms with Crippen LogP contribution in [0.4, 0.5) is 9.59 Å². The molecule has 2 unspecified atom stereocenters. The molecule has 2 amide bonds. The Kier molecular flexibility index (Phi) is 11.6. The van der Waals surface area contributed by atoms with Crippen LogP contribution in [0.1, 0.15) is 69.2 Å². The lowest BCUT2D eigenvalue weighted by molar-refractivity contribution is -0.122. The van der Waals surface area contributed by atoms with Crippen molar-refractivity contribution in [3.05, 3.63) is 0 Å². The summed E-state index contributed by atoms with van der Waals surface area (Å²) >= 11 is 0. The molecule has 35 heavy (non-hydrogen) atoms. The molecule has 0 aromatic rings. The molecule has 4 atom stereocenters. The van der Waals surface area contributed by atoms with Gasteiger partial charge in [0.2, 0.25) is 7.37 Å². The van der Waals surface area contributed by atoms with Gasteiger partial charge in [0.05, 0.1) is 12.1 Å². The number of carbonyl (C=O) groups excluding carboxylic acids is 4. The average molecular weight is 523 g/mol. The fraction of sp³-hybridized carbons (Fsp3) is 0.818. The number of alkyl carbamates (subject to hydrolysis) is 2. The van der Waals surface area contributed by atoms with Gasteiger partial charge in [0, 0.05) is 0 Å². The number of Topliss-reactive ketones (excluding diaryl/α,β-unsaturated/α-hetero) is 2. The van der Waals surface area contributed by atoms with Crippen LogP contribution < -0.4 is 22.1 Å². The van der Waals surface area contributed by atoms with E-state index in [2.05, 4.69) is 10.6 Å². The fourth-order valence-corrected chi connectivity index (χ4v) is 4.30. The van der Waals surface area contributed by atoms with E-state index in [-0.39, 0.29) is 0 Å². The third-order valence-corrected chi connectivity index (χ3v) is 6.77. The first-order chi connectivity index (χ1) is 15.5. The smallest absolute Gasteiger partial charge is 0.408 e. The highest BCUT2D eigenvalue weighted by Crippen LogP contribution is 2.48. The number of carbonyl (C=O) groups is 4. The Balaban J connectivity index is 5.75. The molecule has 0 rings (SSSR count). The molecule has 12 nitrogen and oxygen atoms in total. The summed E-state index contributed by atoms with van der Waals surface area (Å²) in [5.74, 6) is -7.16. The number of hydrogen-bond donors (Lipinski definition) is 5. The lowest BCUT2D eigenvalue weighted by Crippen LogP contribution is -2.55. The maximum Gasteiger partial charge on any atom is 0.408 e. The van der Waals surface area contributed by atoms with Crippen LogP contribution in [0.15, 0.2) is 0 Å². The van der Waals surface area contributed by atoms with E-state index in [1.54, 1.807) is 69.2 Å². The Morgan fingerprint density at radius 3 is 1.17 bits per heavy atom. The SMILES string of the molecule is CC(C)[C@H](NC(=O)OC(C)(C)C)C(=O)C(N)P(=O)(O)C(N)C(=O)[C@@H](NC(=O)OC(C)(C)C)C(C)C. The van der Waals surface area contributed by atoms with Crippen LogP contribution in [0.5, 0.6) is 0 Å². The number of nitrogens with one attached hydrogen (secondary N) is 2. The van der Waals surface area contributed by atoms with E-state index in [1.165, 1.54) is 0 Å². The summed E-state index contributed by atoms with van der Waals surface area (Å²) in [6, 6.07) is -2.55. The molecule has 0 bridgehead atoms. The average Bonchev–Trinajstić information content (AvgIpc) is 2.64. The van der Waals surface area contributed by atoms with Crippen LogP contribution in [-0.2, 0) is 23.6 Å². The molecule has 0 aromatic heterocycles. The highest BCUT2D eigenvalue weighted by molar-refractivity contribution is 7.61. The largest absolute Gasteiger partial charge is 0.444 e. The molecule has 204 valence electrons. The van der Waals surface area contributed by atoms with Gasteiger partial charge in [0.25, 0.3) is 0 Å². The summed E-state index contributed by atoms with van der Waals surface area (Å²) in [5.41, 5.74) is 9.99. The van der Waals surface area contributed by atoms with Crippen molar-refractivity contribution in [3.63, 3.8) is 0 Å². The number of amides is 2. The van der Waals surface area contributed by atoms with Crippen molar-refractivity contribution in [2.24, 2.45) is 23.3 Å². The van der Waals surface area contributed by atoms with Crippen LogP contribution in [-0.4, -0.2) is 63.5 Å². The van der Waals surface area contributed by atoms with E-state index >= 15 is 0 Å². The third-order valence-electron chi connectivity index (χ3n) is 4.67. The molecule has 7 N–H and O–H groups in total. The van der Waals surface area contributed by atoms with Crippen molar-refractivity contribution in [1.82, 2.24) is 10.6 Å².